The van der Waals surface area contributed by atoms with Crippen molar-refractivity contribution in [2.24, 2.45) is 0 Å². The molecule has 6 heteroatoms. The van der Waals surface area contributed by atoms with E-state index >= 15 is 0 Å². The largest absolute Gasteiger partial charge is 0.326 e. The summed E-state index contributed by atoms with van der Waals surface area (Å²) in [5.74, 6) is 0. The number of thiophene rings is 1. The Morgan fingerprint density at radius 3 is 2.83 bits per heavy atom. The number of hydrogen-bond acceptors (Lipinski definition) is 3. The summed E-state index contributed by atoms with van der Waals surface area (Å²) in [5.41, 5.74) is -0.822. The van der Waals surface area contributed by atoms with Crippen molar-refractivity contribution in [2.45, 2.75) is 0 Å². The first-order valence-electron chi connectivity index (χ1n) is 3.08. The minimum Gasteiger partial charge on any atom is -0.298 e. The Balaban J connectivity index is 3.08. The molecule has 0 radical (unpaired) electrons. The average molecular weight is 247 g/mol. The van der Waals surface area contributed by atoms with E-state index in [9.17, 15) is 9.59 Å². The van der Waals surface area contributed by atoms with E-state index in [1.54, 1.807) is 6.07 Å². The Hall–Kier alpha value is -0.880. The Morgan fingerprint density at radius 2 is 2.08 bits per heavy atom. The van der Waals surface area contributed by atoms with Gasteiger partial charge in [0.25, 0.3) is 5.56 Å². The summed E-state index contributed by atoms with van der Waals surface area (Å²) in [6, 6.07) is 1.68. The van der Waals surface area contributed by atoms with Crippen LogP contribution in [0.4, 0.5) is 0 Å². The van der Waals surface area contributed by atoms with Crippen molar-refractivity contribution in [2.75, 3.05) is 0 Å². The number of hydrogen-bond donors (Lipinski definition) is 2. The highest BCUT2D eigenvalue weighted by atomic mass is 79.9. The number of H-pyrrole nitrogens is 2. The molecule has 0 atom stereocenters. The quantitative estimate of drug-likeness (QED) is 0.730. The van der Waals surface area contributed by atoms with Crippen LogP contribution in [0.15, 0.2) is 19.4 Å². The molecule has 0 aliphatic rings. The van der Waals surface area contributed by atoms with Crippen LogP contribution in [0.2, 0.25) is 0 Å². The average Bonchev–Trinajstić information content (AvgIpc) is 2.29. The number of aromatic amines is 2. The first-order valence-corrected chi connectivity index (χ1v) is 4.69. The van der Waals surface area contributed by atoms with Crippen molar-refractivity contribution in [1.82, 2.24) is 9.97 Å². The lowest BCUT2D eigenvalue weighted by Gasteiger charge is -1.84. The van der Waals surface area contributed by atoms with Crippen LogP contribution in [-0.4, -0.2) is 9.97 Å². The summed E-state index contributed by atoms with van der Waals surface area (Å²) in [4.78, 5) is 27.2. The lowest BCUT2D eigenvalue weighted by molar-refractivity contribution is 1.09. The molecule has 12 heavy (non-hydrogen) atoms. The smallest absolute Gasteiger partial charge is 0.298 e. The molecule has 0 unspecified atom stereocenters. The van der Waals surface area contributed by atoms with Crippen LogP contribution >= 0.6 is 27.3 Å². The van der Waals surface area contributed by atoms with Crippen LogP contribution < -0.4 is 11.2 Å². The van der Waals surface area contributed by atoms with Gasteiger partial charge in [-0.15, -0.1) is 11.3 Å². The number of rotatable bonds is 0. The molecule has 2 aromatic rings. The van der Waals surface area contributed by atoms with Gasteiger partial charge in [0.15, 0.2) is 0 Å². The highest BCUT2D eigenvalue weighted by molar-refractivity contribution is 9.11. The van der Waals surface area contributed by atoms with Gasteiger partial charge in [0.2, 0.25) is 0 Å². The summed E-state index contributed by atoms with van der Waals surface area (Å²) in [5, 5.41) is 0.506. The topological polar surface area (TPSA) is 65.7 Å². The molecule has 2 N–H and O–H groups in total. The van der Waals surface area contributed by atoms with Crippen LogP contribution in [0.1, 0.15) is 0 Å². The van der Waals surface area contributed by atoms with E-state index in [0.717, 1.165) is 3.79 Å². The second kappa shape index (κ2) is 2.56. The maximum Gasteiger partial charge on any atom is 0.326 e. The van der Waals surface area contributed by atoms with E-state index in [4.69, 9.17) is 0 Å². The van der Waals surface area contributed by atoms with Crippen LogP contribution in [0.5, 0.6) is 0 Å². The van der Waals surface area contributed by atoms with Crippen molar-refractivity contribution < 1.29 is 0 Å². The van der Waals surface area contributed by atoms with Crippen LogP contribution in [-0.2, 0) is 0 Å². The number of fused-ring (bicyclic) bond motifs is 1. The fourth-order valence-electron chi connectivity index (χ4n) is 0.927. The van der Waals surface area contributed by atoms with Gasteiger partial charge in [-0.2, -0.15) is 0 Å². The number of halogens is 1. The van der Waals surface area contributed by atoms with Gasteiger partial charge < -0.3 is 0 Å². The van der Waals surface area contributed by atoms with E-state index < -0.39 is 5.69 Å². The lowest BCUT2D eigenvalue weighted by Crippen LogP contribution is -2.20. The minimum atomic E-state index is -0.471. The predicted octanol–water partition coefficient (Wildman–Crippen LogP) is 1.04. The van der Waals surface area contributed by atoms with Crippen molar-refractivity contribution in [1.29, 1.82) is 0 Å². The fourth-order valence-corrected chi connectivity index (χ4v) is 2.42. The molecule has 0 aromatic carbocycles. The zero-order valence-corrected chi connectivity index (χ0v) is 8.08. The van der Waals surface area contributed by atoms with Crippen molar-refractivity contribution in [3.05, 3.63) is 30.7 Å². The molecule has 62 valence electrons. The normalized spacial score (nSPS) is 10.8. The third-order valence-corrected chi connectivity index (χ3v) is 2.95. The van der Waals surface area contributed by atoms with Crippen LogP contribution in [0.3, 0.4) is 0 Å². The van der Waals surface area contributed by atoms with Gasteiger partial charge >= 0.3 is 5.69 Å². The van der Waals surface area contributed by atoms with Crippen molar-refractivity contribution >= 4 is 37.5 Å². The number of nitrogens with one attached hydrogen (secondary N) is 2. The minimum absolute atomic E-state index is 0.351. The Morgan fingerprint density at radius 1 is 1.33 bits per heavy atom. The van der Waals surface area contributed by atoms with Gasteiger partial charge in [-0.05, 0) is 22.0 Å². The van der Waals surface area contributed by atoms with Crippen molar-refractivity contribution in [3.8, 4) is 0 Å². The van der Waals surface area contributed by atoms with Crippen LogP contribution in [0.25, 0.3) is 10.2 Å². The van der Waals surface area contributed by atoms with Gasteiger partial charge in [-0.1, -0.05) is 0 Å². The molecular weight excluding hydrogens is 244 g/mol. The summed E-state index contributed by atoms with van der Waals surface area (Å²) in [6.07, 6.45) is 0. The second-order valence-electron chi connectivity index (χ2n) is 2.20. The highest BCUT2D eigenvalue weighted by Gasteiger charge is 2.03. The zero-order chi connectivity index (χ0) is 8.72. The maximum absolute atomic E-state index is 11.1. The fraction of sp³-hybridized carbons (Fsp3) is 0. The molecule has 0 amide bonds. The van der Waals surface area contributed by atoms with E-state index in [1.807, 2.05) is 0 Å². The molecule has 0 saturated carbocycles. The molecule has 2 aromatic heterocycles. The third-order valence-electron chi connectivity index (χ3n) is 1.40. The molecule has 0 saturated heterocycles. The first kappa shape index (κ1) is 7.75. The molecule has 0 aliphatic heterocycles. The molecule has 0 aliphatic carbocycles. The standard InChI is InChI=1S/C6H3BrN2O2S/c7-3-1-2-4(10)8-6(11)9-5(2)12-3/h1H,(H2,8,9,10,11). The second-order valence-corrected chi connectivity index (χ2v) is 4.63. The molecule has 4 nitrogen and oxygen atoms in total. The summed E-state index contributed by atoms with van der Waals surface area (Å²) < 4.78 is 0.824. The molecule has 0 bridgehead atoms. The summed E-state index contributed by atoms with van der Waals surface area (Å²) >= 11 is 4.55. The van der Waals surface area contributed by atoms with Gasteiger partial charge in [0, 0.05) is 0 Å². The zero-order valence-electron chi connectivity index (χ0n) is 5.68. The van der Waals surface area contributed by atoms with Crippen molar-refractivity contribution in [3.63, 3.8) is 0 Å². The highest BCUT2D eigenvalue weighted by Crippen LogP contribution is 2.24. The Kier molecular flexibility index (Phi) is 1.66. The molecule has 0 spiro atoms. The lowest BCUT2D eigenvalue weighted by atomic mass is 10.4. The first-order chi connectivity index (χ1) is 5.66. The monoisotopic (exact) mass is 246 g/mol. The van der Waals surface area contributed by atoms with Gasteiger partial charge in [-0.25, -0.2) is 4.79 Å². The SMILES string of the molecule is O=c1[nH]c(=O)c2cc(Br)sc2[nH]1. The molecular formula is C6H3BrN2O2S. The van der Waals surface area contributed by atoms with E-state index in [1.165, 1.54) is 11.3 Å². The third kappa shape index (κ3) is 1.12. The Labute approximate surface area is 78.4 Å². The van der Waals surface area contributed by atoms with Gasteiger partial charge in [0.05, 0.1) is 9.17 Å². The van der Waals surface area contributed by atoms with E-state index in [0.29, 0.717) is 10.2 Å². The van der Waals surface area contributed by atoms with Gasteiger partial charge in [0.1, 0.15) is 4.83 Å². The van der Waals surface area contributed by atoms with E-state index in [-0.39, 0.29) is 5.56 Å². The number of aromatic nitrogens is 2. The molecule has 2 rings (SSSR count). The molecule has 0 fully saturated rings. The van der Waals surface area contributed by atoms with Crippen LogP contribution in [0, 0.1) is 0 Å². The summed E-state index contributed by atoms with van der Waals surface area (Å²) in [7, 11) is 0. The van der Waals surface area contributed by atoms with Gasteiger partial charge in [-0.3, -0.25) is 14.8 Å². The summed E-state index contributed by atoms with van der Waals surface area (Å²) in [6.45, 7) is 0. The predicted molar refractivity (Wildman–Crippen MR) is 50.8 cm³/mol. The van der Waals surface area contributed by atoms with E-state index in [2.05, 4.69) is 25.9 Å². The Bertz CT molecular complexity index is 538. The maximum atomic E-state index is 11.1. The molecule has 2 heterocycles.